The van der Waals surface area contributed by atoms with Gasteiger partial charge in [-0.3, -0.25) is 4.79 Å². The van der Waals surface area contributed by atoms with Gasteiger partial charge in [-0.15, -0.1) is 0 Å². The number of carbonyl (C=O) groups is 1. The number of hydrogen-bond acceptors (Lipinski definition) is 2. The van der Waals surface area contributed by atoms with Crippen LogP contribution in [0.1, 0.15) is 31.7 Å². The van der Waals surface area contributed by atoms with Crippen molar-refractivity contribution in [2.24, 2.45) is 0 Å². The fourth-order valence-corrected chi connectivity index (χ4v) is 2.85. The molecule has 1 heterocycles. The fourth-order valence-electron chi connectivity index (χ4n) is 2.85. The van der Waals surface area contributed by atoms with E-state index in [1.54, 1.807) is 0 Å². The number of hydrogen-bond donors (Lipinski definition) is 1. The molecule has 1 atom stereocenters. The Bertz CT molecular complexity index is 410. The second kappa shape index (κ2) is 6.20. The molecule has 1 aromatic rings. The van der Waals surface area contributed by atoms with Crippen LogP contribution in [-0.4, -0.2) is 36.5 Å². The minimum Gasteiger partial charge on any atom is -0.344 e. The Hall–Kier alpha value is -1.35. The van der Waals surface area contributed by atoms with Crippen LogP contribution >= 0.6 is 0 Å². The summed E-state index contributed by atoms with van der Waals surface area (Å²) in [6.07, 6.45) is 3.87. The molecule has 104 valence electrons. The molecule has 2 rings (SSSR count). The van der Waals surface area contributed by atoms with Gasteiger partial charge < -0.3 is 10.2 Å². The van der Waals surface area contributed by atoms with E-state index in [-0.39, 0.29) is 11.4 Å². The van der Waals surface area contributed by atoms with Crippen molar-refractivity contribution < 1.29 is 4.79 Å². The van der Waals surface area contributed by atoms with Crippen molar-refractivity contribution in [1.29, 1.82) is 0 Å². The number of carbonyl (C=O) groups excluding carboxylic acids is 1. The van der Waals surface area contributed by atoms with Crippen molar-refractivity contribution in [2.75, 3.05) is 20.1 Å². The summed E-state index contributed by atoms with van der Waals surface area (Å²) in [6, 6.07) is 10.3. The lowest BCUT2D eigenvalue weighted by atomic mass is 9.92. The Morgan fingerprint density at radius 1 is 1.37 bits per heavy atom. The first-order chi connectivity index (χ1) is 9.18. The van der Waals surface area contributed by atoms with E-state index in [1.807, 2.05) is 30.1 Å². The first kappa shape index (κ1) is 14.1. The van der Waals surface area contributed by atoms with Crippen molar-refractivity contribution in [3.63, 3.8) is 0 Å². The highest BCUT2D eigenvalue weighted by Crippen LogP contribution is 2.25. The van der Waals surface area contributed by atoms with Crippen LogP contribution in [0.15, 0.2) is 30.3 Å². The van der Waals surface area contributed by atoms with Gasteiger partial charge in [-0.25, -0.2) is 0 Å². The average Bonchev–Trinajstić information content (AvgIpc) is 2.95. The van der Waals surface area contributed by atoms with Gasteiger partial charge in [0.15, 0.2) is 0 Å². The molecule has 0 saturated carbocycles. The van der Waals surface area contributed by atoms with E-state index in [4.69, 9.17) is 0 Å². The summed E-state index contributed by atoms with van der Waals surface area (Å²) in [6.45, 7) is 3.85. The molecule has 0 bridgehead atoms. The maximum absolute atomic E-state index is 12.6. The van der Waals surface area contributed by atoms with Gasteiger partial charge in [-0.1, -0.05) is 37.3 Å². The Kier molecular flexibility index (Phi) is 4.59. The molecule has 3 nitrogen and oxygen atoms in total. The number of nitrogens with one attached hydrogen (secondary N) is 1. The highest BCUT2D eigenvalue weighted by molar-refractivity contribution is 5.86. The zero-order chi connectivity index (χ0) is 13.7. The van der Waals surface area contributed by atoms with Gasteiger partial charge in [-0.05, 0) is 37.8 Å². The molecule has 1 amide bonds. The van der Waals surface area contributed by atoms with E-state index in [2.05, 4.69) is 24.4 Å². The number of nitrogens with zero attached hydrogens (tertiary/aromatic N) is 1. The van der Waals surface area contributed by atoms with Crippen LogP contribution in [0.4, 0.5) is 0 Å². The van der Waals surface area contributed by atoms with Crippen LogP contribution in [0.2, 0.25) is 0 Å². The second-order valence-electron chi connectivity index (χ2n) is 5.43. The molecule has 19 heavy (non-hydrogen) atoms. The topological polar surface area (TPSA) is 32.3 Å². The van der Waals surface area contributed by atoms with Gasteiger partial charge >= 0.3 is 0 Å². The van der Waals surface area contributed by atoms with Crippen LogP contribution < -0.4 is 5.32 Å². The molecule has 1 aromatic carbocycles. The standard InChI is InChI=1S/C16H24N2O/c1-3-16(11-7-12-17-16)15(19)18(2)13-10-14-8-5-4-6-9-14/h4-6,8-9,17H,3,7,10-13H2,1-2H3. The quantitative estimate of drug-likeness (QED) is 0.880. The highest BCUT2D eigenvalue weighted by Gasteiger charge is 2.40. The maximum atomic E-state index is 12.6. The van der Waals surface area contributed by atoms with E-state index in [0.717, 1.165) is 38.8 Å². The molecule has 0 spiro atoms. The first-order valence-electron chi connectivity index (χ1n) is 7.22. The highest BCUT2D eigenvalue weighted by atomic mass is 16.2. The van der Waals surface area contributed by atoms with E-state index in [9.17, 15) is 4.79 Å². The van der Waals surface area contributed by atoms with Gasteiger partial charge in [0.1, 0.15) is 0 Å². The van der Waals surface area contributed by atoms with Gasteiger partial charge in [0.2, 0.25) is 5.91 Å². The second-order valence-corrected chi connectivity index (χ2v) is 5.43. The first-order valence-corrected chi connectivity index (χ1v) is 7.22. The lowest BCUT2D eigenvalue weighted by Gasteiger charge is -2.31. The monoisotopic (exact) mass is 260 g/mol. The van der Waals surface area contributed by atoms with E-state index >= 15 is 0 Å². The third-order valence-electron chi connectivity index (χ3n) is 4.18. The van der Waals surface area contributed by atoms with E-state index in [0.29, 0.717) is 0 Å². The van der Waals surface area contributed by atoms with E-state index in [1.165, 1.54) is 5.56 Å². The molecule has 1 aliphatic heterocycles. The largest absolute Gasteiger partial charge is 0.344 e. The summed E-state index contributed by atoms with van der Waals surface area (Å²) < 4.78 is 0. The van der Waals surface area contributed by atoms with Crippen LogP contribution in [-0.2, 0) is 11.2 Å². The minimum atomic E-state index is -0.300. The summed E-state index contributed by atoms with van der Waals surface area (Å²) in [5, 5.41) is 3.41. The molecule has 3 heteroatoms. The van der Waals surface area contributed by atoms with Crippen molar-refractivity contribution in [2.45, 2.75) is 38.1 Å². The number of amides is 1. The predicted octanol–water partition coefficient (Wildman–Crippen LogP) is 2.22. The van der Waals surface area contributed by atoms with Gasteiger partial charge in [0.05, 0.1) is 5.54 Å². The van der Waals surface area contributed by atoms with Crippen molar-refractivity contribution in [3.05, 3.63) is 35.9 Å². The third kappa shape index (κ3) is 3.16. The SMILES string of the molecule is CCC1(C(=O)N(C)CCc2ccccc2)CCCN1. The molecule has 1 saturated heterocycles. The Labute approximate surface area is 116 Å². The third-order valence-corrected chi connectivity index (χ3v) is 4.18. The lowest BCUT2D eigenvalue weighted by molar-refractivity contribution is -0.136. The smallest absolute Gasteiger partial charge is 0.242 e. The summed E-state index contributed by atoms with van der Waals surface area (Å²) in [4.78, 5) is 14.5. The summed E-state index contributed by atoms with van der Waals surface area (Å²) in [7, 11) is 1.92. The van der Waals surface area contributed by atoms with Crippen LogP contribution in [0.25, 0.3) is 0 Å². The van der Waals surface area contributed by atoms with Crippen LogP contribution in [0.3, 0.4) is 0 Å². The number of rotatable bonds is 5. The molecule has 1 unspecified atom stereocenters. The summed E-state index contributed by atoms with van der Waals surface area (Å²) >= 11 is 0. The molecule has 1 N–H and O–H groups in total. The summed E-state index contributed by atoms with van der Waals surface area (Å²) in [5.41, 5.74) is 0.984. The van der Waals surface area contributed by atoms with Gasteiger partial charge in [0, 0.05) is 13.6 Å². The lowest BCUT2D eigenvalue weighted by Crippen LogP contribution is -2.53. The summed E-state index contributed by atoms with van der Waals surface area (Å²) in [5.74, 6) is 0.253. The number of likely N-dealkylation sites (N-methyl/N-ethyl adjacent to an activating group) is 1. The van der Waals surface area contributed by atoms with Crippen molar-refractivity contribution >= 4 is 5.91 Å². The Morgan fingerprint density at radius 2 is 2.11 bits per heavy atom. The minimum absolute atomic E-state index is 0.253. The van der Waals surface area contributed by atoms with Gasteiger partial charge in [0.25, 0.3) is 0 Å². The van der Waals surface area contributed by atoms with E-state index < -0.39 is 0 Å². The molecule has 0 aliphatic carbocycles. The number of benzene rings is 1. The molecular weight excluding hydrogens is 236 g/mol. The normalized spacial score (nSPS) is 22.4. The average molecular weight is 260 g/mol. The van der Waals surface area contributed by atoms with Crippen molar-refractivity contribution in [3.8, 4) is 0 Å². The van der Waals surface area contributed by atoms with Crippen molar-refractivity contribution in [1.82, 2.24) is 10.2 Å². The zero-order valence-corrected chi connectivity index (χ0v) is 12.0. The van der Waals surface area contributed by atoms with Gasteiger partial charge in [-0.2, -0.15) is 0 Å². The van der Waals surface area contributed by atoms with Crippen LogP contribution in [0.5, 0.6) is 0 Å². The Morgan fingerprint density at radius 3 is 2.68 bits per heavy atom. The maximum Gasteiger partial charge on any atom is 0.242 e. The van der Waals surface area contributed by atoms with Crippen LogP contribution in [0, 0.1) is 0 Å². The molecule has 1 aliphatic rings. The molecule has 1 fully saturated rings. The predicted molar refractivity (Wildman–Crippen MR) is 78.0 cm³/mol. The molecular formula is C16H24N2O. The zero-order valence-electron chi connectivity index (χ0n) is 12.0. The molecule has 0 radical (unpaired) electrons. The molecule has 0 aromatic heterocycles. The fraction of sp³-hybridized carbons (Fsp3) is 0.562. The Balaban J connectivity index is 1.92.